The Hall–Kier alpha value is -1.35. The summed E-state index contributed by atoms with van der Waals surface area (Å²) >= 11 is 0. The predicted octanol–water partition coefficient (Wildman–Crippen LogP) is 2.84. The van der Waals surface area contributed by atoms with Gasteiger partial charge in [0.2, 0.25) is 0 Å². The molecule has 1 aliphatic rings. The number of hydrogen-bond acceptors (Lipinski definition) is 2. The summed E-state index contributed by atoms with van der Waals surface area (Å²) in [6.07, 6.45) is 3.87. The topological polar surface area (TPSA) is 29.9 Å². The Morgan fingerprint density at radius 2 is 2.05 bits per heavy atom. The second kappa shape index (κ2) is 5.33. The number of nitrogens with one attached hydrogen (secondary N) is 1. The van der Waals surface area contributed by atoms with Crippen LogP contribution in [0, 0.1) is 11.8 Å². The Morgan fingerprint density at radius 1 is 1.26 bits per heavy atom. The number of imidazole rings is 1. The Kier molecular flexibility index (Phi) is 3.56. The third-order valence-electron chi connectivity index (χ3n) is 4.54. The van der Waals surface area contributed by atoms with Crippen molar-refractivity contribution in [3.8, 4) is 0 Å². The minimum Gasteiger partial charge on any atom is -0.328 e. The average Bonchev–Trinajstić information content (AvgIpc) is 2.78. The Labute approximate surface area is 115 Å². The lowest BCUT2D eigenvalue weighted by Crippen LogP contribution is -2.35. The molecule has 2 atom stereocenters. The molecule has 0 aliphatic heterocycles. The SMILES string of the molecule is CCn1c(CC2CCC2CNC)nc2ccccc21. The van der Waals surface area contributed by atoms with Gasteiger partial charge in [0.1, 0.15) is 5.82 Å². The van der Waals surface area contributed by atoms with Gasteiger partial charge in [-0.1, -0.05) is 12.1 Å². The number of hydrogen-bond donors (Lipinski definition) is 1. The number of para-hydroxylation sites is 2. The van der Waals surface area contributed by atoms with Crippen molar-refractivity contribution in [2.45, 2.75) is 32.7 Å². The maximum atomic E-state index is 4.84. The number of aryl methyl sites for hydroxylation is 1. The van der Waals surface area contributed by atoms with E-state index in [0.717, 1.165) is 36.9 Å². The molecular formula is C16H23N3. The molecule has 1 heterocycles. The predicted molar refractivity (Wildman–Crippen MR) is 79.3 cm³/mol. The number of aromatic nitrogens is 2. The standard InChI is InChI=1S/C16H23N3/c1-3-19-15-7-5-4-6-14(15)18-16(19)10-12-8-9-13(12)11-17-2/h4-7,12-13,17H,3,8-11H2,1-2H3. The zero-order valence-corrected chi connectivity index (χ0v) is 11.9. The molecule has 1 aliphatic carbocycles. The first-order valence-electron chi connectivity index (χ1n) is 7.42. The normalized spacial score (nSPS) is 22.6. The van der Waals surface area contributed by atoms with Gasteiger partial charge in [0, 0.05) is 13.0 Å². The smallest absolute Gasteiger partial charge is 0.110 e. The van der Waals surface area contributed by atoms with E-state index in [-0.39, 0.29) is 0 Å². The van der Waals surface area contributed by atoms with Crippen molar-refractivity contribution in [1.82, 2.24) is 14.9 Å². The van der Waals surface area contributed by atoms with Gasteiger partial charge in [-0.2, -0.15) is 0 Å². The van der Waals surface area contributed by atoms with E-state index in [1.807, 2.05) is 0 Å². The molecule has 1 fully saturated rings. The minimum absolute atomic E-state index is 0.814. The van der Waals surface area contributed by atoms with Crippen LogP contribution in [0.5, 0.6) is 0 Å². The zero-order chi connectivity index (χ0) is 13.2. The number of nitrogens with zero attached hydrogens (tertiary/aromatic N) is 2. The zero-order valence-electron chi connectivity index (χ0n) is 11.9. The van der Waals surface area contributed by atoms with E-state index >= 15 is 0 Å². The van der Waals surface area contributed by atoms with Crippen LogP contribution in [0.3, 0.4) is 0 Å². The molecule has 0 radical (unpaired) electrons. The van der Waals surface area contributed by atoms with Crippen LogP contribution in [0.15, 0.2) is 24.3 Å². The molecule has 1 aromatic carbocycles. The average molecular weight is 257 g/mol. The summed E-state index contributed by atoms with van der Waals surface area (Å²) in [7, 11) is 2.05. The van der Waals surface area contributed by atoms with Crippen LogP contribution in [0.4, 0.5) is 0 Å². The van der Waals surface area contributed by atoms with Crippen molar-refractivity contribution >= 4 is 11.0 Å². The van der Waals surface area contributed by atoms with Gasteiger partial charge in [-0.05, 0) is 57.3 Å². The molecule has 102 valence electrons. The van der Waals surface area contributed by atoms with Crippen LogP contribution in [-0.2, 0) is 13.0 Å². The van der Waals surface area contributed by atoms with Crippen molar-refractivity contribution in [3.63, 3.8) is 0 Å². The fraction of sp³-hybridized carbons (Fsp3) is 0.562. The monoisotopic (exact) mass is 257 g/mol. The van der Waals surface area contributed by atoms with Crippen molar-refractivity contribution in [2.24, 2.45) is 11.8 Å². The lowest BCUT2D eigenvalue weighted by Gasteiger charge is -2.36. The van der Waals surface area contributed by atoms with E-state index in [0.29, 0.717) is 0 Å². The molecule has 1 saturated carbocycles. The highest BCUT2D eigenvalue weighted by Gasteiger charge is 2.31. The number of fused-ring (bicyclic) bond motifs is 1. The first-order valence-corrected chi connectivity index (χ1v) is 7.42. The molecule has 0 spiro atoms. The summed E-state index contributed by atoms with van der Waals surface area (Å²) in [5.41, 5.74) is 2.42. The molecule has 19 heavy (non-hydrogen) atoms. The van der Waals surface area contributed by atoms with Crippen molar-refractivity contribution in [3.05, 3.63) is 30.1 Å². The molecule has 0 bridgehead atoms. The van der Waals surface area contributed by atoms with E-state index in [9.17, 15) is 0 Å². The maximum Gasteiger partial charge on any atom is 0.110 e. The van der Waals surface area contributed by atoms with Crippen LogP contribution < -0.4 is 5.32 Å². The quantitative estimate of drug-likeness (QED) is 0.892. The lowest BCUT2D eigenvalue weighted by molar-refractivity contribution is 0.170. The van der Waals surface area contributed by atoms with Crippen molar-refractivity contribution < 1.29 is 0 Å². The lowest BCUT2D eigenvalue weighted by atomic mass is 9.72. The van der Waals surface area contributed by atoms with Crippen LogP contribution in [0.1, 0.15) is 25.6 Å². The molecule has 2 unspecified atom stereocenters. The van der Waals surface area contributed by atoms with Crippen molar-refractivity contribution in [1.29, 1.82) is 0 Å². The molecule has 0 amide bonds. The maximum absolute atomic E-state index is 4.84. The van der Waals surface area contributed by atoms with Gasteiger partial charge in [0.25, 0.3) is 0 Å². The van der Waals surface area contributed by atoms with Crippen LogP contribution in [-0.4, -0.2) is 23.1 Å². The molecule has 2 aromatic rings. The Bertz CT molecular complexity index is 558. The molecule has 1 N–H and O–H groups in total. The Morgan fingerprint density at radius 3 is 2.74 bits per heavy atom. The summed E-state index contributed by atoms with van der Waals surface area (Å²) in [6, 6.07) is 8.48. The summed E-state index contributed by atoms with van der Waals surface area (Å²) in [4.78, 5) is 4.84. The molecular weight excluding hydrogens is 234 g/mol. The van der Waals surface area contributed by atoms with E-state index in [2.05, 4.69) is 48.1 Å². The van der Waals surface area contributed by atoms with Gasteiger partial charge in [0.05, 0.1) is 11.0 Å². The largest absolute Gasteiger partial charge is 0.328 e. The van der Waals surface area contributed by atoms with Crippen LogP contribution in [0.25, 0.3) is 11.0 Å². The fourth-order valence-corrected chi connectivity index (χ4v) is 3.31. The fourth-order valence-electron chi connectivity index (χ4n) is 3.31. The highest BCUT2D eigenvalue weighted by Crippen LogP contribution is 2.36. The van der Waals surface area contributed by atoms with Crippen LogP contribution in [0.2, 0.25) is 0 Å². The third-order valence-corrected chi connectivity index (χ3v) is 4.54. The highest BCUT2D eigenvalue weighted by molar-refractivity contribution is 5.75. The molecule has 1 aromatic heterocycles. The van der Waals surface area contributed by atoms with Gasteiger partial charge < -0.3 is 9.88 Å². The minimum atomic E-state index is 0.814. The third kappa shape index (κ3) is 2.27. The van der Waals surface area contributed by atoms with Gasteiger partial charge >= 0.3 is 0 Å². The second-order valence-corrected chi connectivity index (χ2v) is 5.62. The number of benzene rings is 1. The molecule has 0 saturated heterocycles. The van der Waals surface area contributed by atoms with Gasteiger partial charge in [-0.25, -0.2) is 4.98 Å². The summed E-state index contributed by atoms with van der Waals surface area (Å²) < 4.78 is 2.38. The van der Waals surface area contributed by atoms with Crippen molar-refractivity contribution in [2.75, 3.05) is 13.6 Å². The van der Waals surface area contributed by atoms with E-state index in [1.54, 1.807) is 0 Å². The molecule has 3 rings (SSSR count). The van der Waals surface area contributed by atoms with Gasteiger partial charge in [-0.3, -0.25) is 0 Å². The first-order chi connectivity index (χ1) is 9.33. The molecule has 3 heteroatoms. The second-order valence-electron chi connectivity index (χ2n) is 5.62. The van der Waals surface area contributed by atoms with Gasteiger partial charge in [-0.15, -0.1) is 0 Å². The first kappa shape index (κ1) is 12.7. The molecule has 3 nitrogen and oxygen atoms in total. The summed E-state index contributed by atoms with van der Waals surface area (Å²) in [5, 5.41) is 3.31. The highest BCUT2D eigenvalue weighted by atomic mass is 15.1. The van der Waals surface area contributed by atoms with E-state index in [1.165, 1.54) is 24.2 Å². The number of rotatable bonds is 5. The van der Waals surface area contributed by atoms with Crippen LogP contribution >= 0.6 is 0 Å². The van der Waals surface area contributed by atoms with E-state index in [4.69, 9.17) is 4.98 Å². The van der Waals surface area contributed by atoms with Gasteiger partial charge in [0.15, 0.2) is 0 Å². The summed E-state index contributed by atoms with van der Waals surface area (Å²) in [5.74, 6) is 2.93. The summed E-state index contributed by atoms with van der Waals surface area (Å²) in [6.45, 7) is 4.37. The van der Waals surface area contributed by atoms with E-state index < -0.39 is 0 Å². The Balaban J connectivity index is 1.84.